The maximum absolute atomic E-state index is 11.7. The van der Waals surface area contributed by atoms with Crippen molar-refractivity contribution in [2.24, 2.45) is 0 Å². The van der Waals surface area contributed by atoms with Crippen LogP contribution in [-0.4, -0.2) is 43.4 Å². The molecule has 0 aliphatic carbocycles. The van der Waals surface area contributed by atoms with Crippen molar-refractivity contribution in [3.8, 4) is 17.5 Å². The molecule has 2 aromatic rings. The Hall–Kier alpha value is -3.36. The number of methoxy groups -OCH3 is 3. The normalized spacial score (nSPS) is 10.9. The van der Waals surface area contributed by atoms with E-state index in [1.165, 1.54) is 21.3 Å². The second-order valence-electron chi connectivity index (χ2n) is 4.37. The summed E-state index contributed by atoms with van der Waals surface area (Å²) in [5, 5.41) is 6.57. The number of benzene rings is 1. The molecule has 0 spiro atoms. The third-order valence-electron chi connectivity index (χ3n) is 2.85. The van der Waals surface area contributed by atoms with Gasteiger partial charge in [-0.05, 0) is 12.1 Å². The Balaban J connectivity index is 2.28. The van der Waals surface area contributed by atoms with Gasteiger partial charge in [-0.1, -0.05) is 17.3 Å². The summed E-state index contributed by atoms with van der Waals surface area (Å²) >= 11 is 0. The standard InChI is InChI=1S/C15H15N3O6/c1-21-12(19)8-11(14(20)22-2)16-10-6-4-5-9(7-10)13-17-15(23-3)24-18-13/h4-8,16H,1-3H3/b11-8+. The van der Waals surface area contributed by atoms with Crippen molar-refractivity contribution in [2.45, 2.75) is 0 Å². The van der Waals surface area contributed by atoms with Crippen LogP contribution in [0.1, 0.15) is 0 Å². The first-order chi connectivity index (χ1) is 11.6. The van der Waals surface area contributed by atoms with E-state index in [9.17, 15) is 9.59 Å². The summed E-state index contributed by atoms with van der Waals surface area (Å²) in [6.07, 6.45) is 1.03. The molecule has 1 aromatic carbocycles. The average molecular weight is 333 g/mol. The Kier molecular flexibility index (Phi) is 5.50. The van der Waals surface area contributed by atoms with Gasteiger partial charge in [0.2, 0.25) is 5.82 Å². The predicted molar refractivity (Wildman–Crippen MR) is 82.0 cm³/mol. The minimum Gasteiger partial charge on any atom is -0.466 e. The highest BCUT2D eigenvalue weighted by Gasteiger charge is 2.14. The molecule has 2 rings (SSSR count). The van der Waals surface area contributed by atoms with E-state index in [-0.39, 0.29) is 11.8 Å². The monoisotopic (exact) mass is 333 g/mol. The van der Waals surface area contributed by atoms with Gasteiger partial charge in [0, 0.05) is 11.3 Å². The topological polar surface area (TPSA) is 113 Å². The molecule has 9 nitrogen and oxygen atoms in total. The highest BCUT2D eigenvalue weighted by atomic mass is 16.6. The molecule has 1 N–H and O–H groups in total. The summed E-state index contributed by atoms with van der Waals surface area (Å²) in [6, 6.07) is 6.82. The van der Waals surface area contributed by atoms with Crippen LogP contribution in [-0.2, 0) is 19.1 Å². The number of carbonyl (C=O) groups excluding carboxylic acids is 2. The van der Waals surface area contributed by atoms with Gasteiger partial charge in [0.1, 0.15) is 5.70 Å². The van der Waals surface area contributed by atoms with Crippen molar-refractivity contribution in [3.05, 3.63) is 36.0 Å². The molecule has 0 saturated heterocycles. The second-order valence-corrected chi connectivity index (χ2v) is 4.37. The van der Waals surface area contributed by atoms with Crippen molar-refractivity contribution in [3.63, 3.8) is 0 Å². The van der Waals surface area contributed by atoms with Crippen LogP contribution >= 0.6 is 0 Å². The molecule has 1 aromatic heterocycles. The number of hydrogen-bond donors (Lipinski definition) is 1. The van der Waals surface area contributed by atoms with Crippen molar-refractivity contribution in [2.75, 3.05) is 26.6 Å². The minimum absolute atomic E-state index is 0.0317. The SMILES string of the molecule is COC(=O)/C=C(/Nc1cccc(-c2noc(OC)n2)c1)C(=O)OC. The third kappa shape index (κ3) is 4.09. The number of nitrogens with zero attached hydrogens (tertiary/aromatic N) is 2. The molecule has 0 bridgehead atoms. The lowest BCUT2D eigenvalue weighted by Crippen LogP contribution is -2.15. The molecule has 0 saturated carbocycles. The predicted octanol–water partition coefficient (Wildman–Crippen LogP) is 1.39. The first kappa shape index (κ1) is 17.0. The van der Waals surface area contributed by atoms with Crippen molar-refractivity contribution in [1.29, 1.82) is 0 Å². The Morgan fingerprint density at radius 1 is 1.21 bits per heavy atom. The van der Waals surface area contributed by atoms with Crippen LogP contribution in [0.25, 0.3) is 11.4 Å². The van der Waals surface area contributed by atoms with Gasteiger partial charge in [-0.25, -0.2) is 9.59 Å². The Bertz CT molecular complexity index is 768. The second kappa shape index (κ2) is 7.77. The number of hydrogen-bond acceptors (Lipinski definition) is 9. The zero-order valence-corrected chi connectivity index (χ0v) is 13.2. The van der Waals surface area contributed by atoms with Crippen LogP contribution in [0.2, 0.25) is 0 Å². The minimum atomic E-state index is -0.716. The zero-order valence-electron chi connectivity index (χ0n) is 13.2. The third-order valence-corrected chi connectivity index (χ3v) is 2.85. The van der Waals surface area contributed by atoms with Crippen LogP contribution in [0.3, 0.4) is 0 Å². The number of rotatable bonds is 6. The molecule has 0 amide bonds. The van der Waals surface area contributed by atoms with E-state index in [1.807, 2.05) is 0 Å². The van der Waals surface area contributed by atoms with Crippen LogP contribution < -0.4 is 10.1 Å². The Labute approximate surface area is 137 Å². The lowest BCUT2D eigenvalue weighted by Gasteiger charge is -2.09. The van der Waals surface area contributed by atoms with Gasteiger partial charge in [0.15, 0.2) is 0 Å². The molecule has 0 radical (unpaired) electrons. The highest BCUT2D eigenvalue weighted by Crippen LogP contribution is 2.22. The fraction of sp³-hybridized carbons (Fsp3) is 0.200. The number of carbonyl (C=O) groups is 2. The fourth-order valence-electron chi connectivity index (χ4n) is 1.73. The van der Waals surface area contributed by atoms with Gasteiger partial charge in [-0.3, -0.25) is 4.52 Å². The summed E-state index contributed by atoms with van der Waals surface area (Å²) in [6.45, 7) is 0. The molecule has 0 aliphatic rings. The number of anilines is 1. The summed E-state index contributed by atoms with van der Waals surface area (Å²) in [7, 11) is 3.82. The maximum atomic E-state index is 11.7. The summed E-state index contributed by atoms with van der Waals surface area (Å²) in [5.41, 5.74) is 1.05. The summed E-state index contributed by atoms with van der Waals surface area (Å²) < 4.78 is 18.8. The highest BCUT2D eigenvalue weighted by molar-refractivity contribution is 5.98. The molecule has 126 valence electrons. The molecule has 0 atom stereocenters. The Morgan fingerprint density at radius 3 is 2.62 bits per heavy atom. The van der Waals surface area contributed by atoms with E-state index < -0.39 is 11.9 Å². The van der Waals surface area contributed by atoms with Crippen molar-refractivity contribution < 1.29 is 28.3 Å². The largest absolute Gasteiger partial charge is 0.466 e. The quantitative estimate of drug-likeness (QED) is 0.618. The van der Waals surface area contributed by atoms with E-state index in [0.717, 1.165) is 6.08 Å². The van der Waals surface area contributed by atoms with E-state index in [2.05, 4.69) is 24.9 Å². The van der Waals surface area contributed by atoms with Crippen LogP contribution in [0.5, 0.6) is 6.08 Å². The van der Waals surface area contributed by atoms with Crippen molar-refractivity contribution >= 4 is 17.6 Å². The Morgan fingerprint density at radius 2 is 2.00 bits per heavy atom. The van der Waals surface area contributed by atoms with E-state index in [1.54, 1.807) is 24.3 Å². The first-order valence-electron chi connectivity index (χ1n) is 6.70. The first-order valence-corrected chi connectivity index (χ1v) is 6.70. The lowest BCUT2D eigenvalue weighted by molar-refractivity contribution is -0.138. The number of esters is 2. The van der Waals surface area contributed by atoms with Gasteiger partial charge in [-0.2, -0.15) is 4.98 Å². The lowest BCUT2D eigenvalue weighted by atomic mass is 10.2. The van der Waals surface area contributed by atoms with Crippen molar-refractivity contribution in [1.82, 2.24) is 10.1 Å². The molecule has 9 heteroatoms. The number of aromatic nitrogens is 2. The van der Waals surface area contributed by atoms with Gasteiger partial charge in [0.25, 0.3) is 0 Å². The smallest absolute Gasteiger partial charge is 0.417 e. The number of nitrogens with one attached hydrogen (secondary N) is 1. The van der Waals surface area contributed by atoms with Gasteiger partial charge < -0.3 is 19.5 Å². The molecule has 0 fully saturated rings. The van der Waals surface area contributed by atoms with Gasteiger partial charge in [0.05, 0.1) is 27.4 Å². The summed E-state index contributed by atoms with van der Waals surface area (Å²) in [4.78, 5) is 27.1. The maximum Gasteiger partial charge on any atom is 0.417 e. The molecule has 0 unspecified atom stereocenters. The molecule has 24 heavy (non-hydrogen) atoms. The molecule has 1 heterocycles. The van der Waals surface area contributed by atoms with Gasteiger partial charge >= 0.3 is 18.0 Å². The average Bonchev–Trinajstić information content (AvgIpc) is 3.09. The van der Waals surface area contributed by atoms with Crippen LogP contribution in [0, 0.1) is 0 Å². The van der Waals surface area contributed by atoms with E-state index >= 15 is 0 Å². The molecule has 0 aliphatic heterocycles. The fourth-order valence-corrected chi connectivity index (χ4v) is 1.73. The number of ether oxygens (including phenoxy) is 3. The molecular weight excluding hydrogens is 318 g/mol. The van der Waals surface area contributed by atoms with Crippen LogP contribution in [0.15, 0.2) is 40.6 Å². The molecular formula is C15H15N3O6. The van der Waals surface area contributed by atoms with Crippen LogP contribution in [0.4, 0.5) is 5.69 Å². The summed E-state index contributed by atoms with van der Waals surface area (Å²) in [5.74, 6) is -1.10. The van der Waals surface area contributed by atoms with E-state index in [0.29, 0.717) is 17.1 Å². The van der Waals surface area contributed by atoms with E-state index in [4.69, 9.17) is 9.26 Å². The zero-order chi connectivity index (χ0) is 17.5. The van der Waals surface area contributed by atoms with Gasteiger partial charge in [-0.15, -0.1) is 0 Å².